The van der Waals surface area contributed by atoms with Crippen LogP contribution in [-0.4, -0.2) is 29.9 Å². The first kappa shape index (κ1) is 27.1. The second kappa shape index (κ2) is 11.8. The normalized spacial score (nSPS) is 10.9. The Morgan fingerprint density at radius 2 is 0.854 bits per heavy atom. The van der Waals surface area contributed by atoms with Crippen LogP contribution in [0.15, 0.2) is 101 Å². The Balaban J connectivity index is 0.000000148. The molecule has 0 saturated carbocycles. The second-order valence-electron chi connectivity index (χ2n) is 8.65. The van der Waals surface area contributed by atoms with Gasteiger partial charge in [-0.3, -0.25) is 0 Å². The number of aromatic nitrogens is 6. The minimum absolute atomic E-state index is 0.0645. The van der Waals surface area contributed by atoms with Crippen LogP contribution in [0.4, 0.5) is 0 Å². The van der Waals surface area contributed by atoms with E-state index in [4.69, 9.17) is 50.8 Å². The summed E-state index contributed by atoms with van der Waals surface area (Å²) in [4.78, 5) is 23.8. The van der Waals surface area contributed by atoms with E-state index in [9.17, 15) is 0 Å². The molecule has 3 aromatic heterocycles. The maximum atomic E-state index is 5.84. The summed E-state index contributed by atoms with van der Waals surface area (Å²) in [6.45, 7) is 0. The maximum Gasteiger partial charge on any atom is 0.227 e. The molecule has 7 nitrogen and oxygen atoms in total. The van der Waals surface area contributed by atoms with Crippen LogP contribution in [0.1, 0.15) is 0 Å². The van der Waals surface area contributed by atoms with E-state index in [-0.39, 0.29) is 21.1 Å². The van der Waals surface area contributed by atoms with Gasteiger partial charge in [0.25, 0.3) is 0 Å². The molecule has 7 rings (SSSR count). The topological polar surface area (TPSA) is 90.5 Å². The Labute approximate surface area is 253 Å². The largest absolute Gasteiger partial charge is 0.456 e. The third-order valence-corrected chi connectivity index (χ3v) is 6.72. The van der Waals surface area contributed by atoms with Crippen LogP contribution in [0, 0.1) is 0 Å². The summed E-state index contributed by atoms with van der Waals surface area (Å²) in [5.74, 6) is 0.886. The third-order valence-electron chi connectivity index (χ3n) is 6.05. The van der Waals surface area contributed by atoms with Crippen molar-refractivity contribution in [2.75, 3.05) is 0 Å². The number of para-hydroxylation sites is 1. The molecule has 41 heavy (non-hydrogen) atoms. The smallest absolute Gasteiger partial charge is 0.227 e. The van der Waals surface area contributed by atoms with E-state index in [1.807, 2.05) is 84.9 Å². The Kier molecular flexibility index (Phi) is 7.76. The van der Waals surface area contributed by atoms with Crippen LogP contribution >= 0.6 is 46.4 Å². The molecule has 200 valence electrons. The molecule has 0 saturated heterocycles. The number of benzene rings is 4. The number of rotatable bonds is 3. The van der Waals surface area contributed by atoms with Crippen molar-refractivity contribution < 1.29 is 4.42 Å². The highest BCUT2D eigenvalue weighted by molar-refractivity contribution is 6.31. The van der Waals surface area contributed by atoms with Crippen LogP contribution in [-0.2, 0) is 0 Å². The van der Waals surface area contributed by atoms with Gasteiger partial charge in [-0.25, -0.2) is 0 Å². The highest BCUT2D eigenvalue weighted by Crippen LogP contribution is 2.31. The molecule has 0 spiro atoms. The van der Waals surface area contributed by atoms with Gasteiger partial charge in [-0.2, -0.15) is 29.9 Å². The lowest BCUT2D eigenvalue weighted by atomic mass is 10.0. The summed E-state index contributed by atoms with van der Waals surface area (Å²) in [6, 6.07) is 31.7. The lowest BCUT2D eigenvalue weighted by Gasteiger charge is -2.04. The van der Waals surface area contributed by atoms with Gasteiger partial charge in [-0.1, -0.05) is 78.9 Å². The van der Waals surface area contributed by atoms with Gasteiger partial charge in [0, 0.05) is 21.9 Å². The Hall–Kier alpha value is -4.14. The first-order valence-electron chi connectivity index (χ1n) is 12.1. The van der Waals surface area contributed by atoms with Gasteiger partial charge >= 0.3 is 0 Å². The monoisotopic (exact) mass is 616 g/mol. The third kappa shape index (κ3) is 6.14. The van der Waals surface area contributed by atoms with E-state index in [0.717, 1.165) is 44.2 Å². The molecule has 11 heteroatoms. The molecule has 0 fully saturated rings. The van der Waals surface area contributed by atoms with Crippen molar-refractivity contribution in [2.24, 2.45) is 0 Å². The standard InChI is InChI=1S/C15H7Cl2N3O.C15H9Cl2N3/c16-14-18-13(19-15(17)20-14)8-5-6-10-9-3-1-2-4-11(9)21-12(10)7-8;16-14-18-13(19-15(17)20-14)12-8-6-11(7-9-12)10-4-2-1-3-5-10/h1-7H;1-9H. The van der Waals surface area contributed by atoms with E-state index in [0.29, 0.717) is 11.6 Å². The summed E-state index contributed by atoms with van der Waals surface area (Å²) in [5, 5.41) is 2.43. The van der Waals surface area contributed by atoms with Crippen molar-refractivity contribution in [1.82, 2.24) is 29.9 Å². The molecule has 3 heterocycles. The fourth-order valence-electron chi connectivity index (χ4n) is 4.22. The molecule has 0 aliphatic carbocycles. The lowest BCUT2D eigenvalue weighted by molar-refractivity contribution is 0.669. The van der Waals surface area contributed by atoms with Gasteiger partial charge in [0.2, 0.25) is 21.1 Å². The highest BCUT2D eigenvalue weighted by atomic mass is 35.5. The van der Waals surface area contributed by atoms with Crippen LogP contribution in [0.3, 0.4) is 0 Å². The average Bonchev–Trinajstić information content (AvgIpc) is 3.35. The van der Waals surface area contributed by atoms with Crippen LogP contribution < -0.4 is 0 Å². The summed E-state index contributed by atoms with van der Waals surface area (Å²) in [7, 11) is 0. The number of halogens is 4. The van der Waals surface area contributed by atoms with E-state index < -0.39 is 0 Å². The fraction of sp³-hybridized carbons (Fsp3) is 0. The van der Waals surface area contributed by atoms with Gasteiger partial charge in [0.15, 0.2) is 11.6 Å². The predicted octanol–water partition coefficient (Wildman–Crippen LogP) is 9.26. The fourth-order valence-corrected chi connectivity index (χ4v) is 4.94. The zero-order valence-corrected chi connectivity index (χ0v) is 23.9. The zero-order valence-electron chi connectivity index (χ0n) is 20.8. The molecular weight excluding hydrogens is 602 g/mol. The van der Waals surface area contributed by atoms with E-state index in [1.165, 1.54) is 0 Å². The molecule has 0 aliphatic heterocycles. The van der Waals surface area contributed by atoms with Crippen molar-refractivity contribution >= 4 is 68.3 Å². The molecule has 0 aliphatic rings. The molecule has 0 N–H and O–H groups in total. The maximum absolute atomic E-state index is 5.84. The molecule has 0 radical (unpaired) electrons. The summed E-state index contributed by atoms with van der Waals surface area (Å²) >= 11 is 23.2. The molecule has 0 unspecified atom stereocenters. The molecular formula is C30H16Cl4N6O. The van der Waals surface area contributed by atoms with Gasteiger partial charge in [0.05, 0.1) is 0 Å². The summed E-state index contributed by atoms with van der Waals surface area (Å²) in [5.41, 5.74) is 5.51. The van der Waals surface area contributed by atoms with Gasteiger partial charge in [0.1, 0.15) is 11.2 Å². The molecule has 0 bridgehead atoms. The number of hydrogen-bond acceptors (Lipinski definition) is 7. The van der Waals surface area contributed by atoms with Crippen molar-refractivity contribution in [1.29, 1.82) is 0 Å². The number of fused-ring (bicyclic) bond motifs is 3. The quantitative estimate of drug-likeness (QED) is 0.195. The summed E-state index contributed by atoms with van der Waals surface area (Å²) in [6.07, 6.45) is 0. The predicted molar refractivity (Wildman–Crippen MR) is 163 cm³/mol. The summed E-state index contributed by atoms with van der Waals surface area (Å²) < 4.78 is 5.84. The Morgan fingerprint density at radius 3 is 1.49 bits per heavy atom. The Bertz CT molecular complexity index is 1960. The molecule has 0 amide bonds. The van der Waals surface area contributed by atoms with E-state index in [1.54, 1.807) is 0 Å². The molecule has 4 aromatic carbocycles. The average molecular weight is 618 g/mol. The molecule has 0 atom stereocenters. The zero-order chi connectivity index (χ0) is 28.3. The minimum Gasteiger partial charge on any atom is -0.456 e. The van der Waals surface area contributed by atoms with Crippen LogP contribution in [0.2, 0.25) is 21.1 Å². The van der Waals surface area contributed by atoms with Crippen LogP contribution in [0.5, 0.6) is 0 Å². The van der Waals surface area contributed by atoms with Crippen molar-refractivity contribution in [3.63, 3.8) is 0 Å². The SMILES string of the molecule is Clc1nc(Cl)nc(-c2ccc(-c3ccccc3)cc2)n1.Clc1nc(Cl)nc(-c2ccc3c(c2)oc2ccccc23)n1. The second-order valence-corrected chi connectivity index (χ2v) is 10.00. The van der Waals surface area contributed by atoms with Crippen molar-refractivity contribution in [2.45, 2.75) is 0 Å². The number of furan rings is 1. The molecule has 7 aromatic rings. The van der Waals surface area contributed by atoms with Crippen molar-refractivity contribution in [3.05, 3.63) is 118 Å². The minimum atomic E-state index is 0.0645. The first-order chi connectivity index (χ1) is 19.9. The van der Waals surface area contributed by atoms with Gasteiger partial charge in [-0.05, 0) is 75.7 Å². The highest BCUT2D eigenvalue weighted by Gasteiger charge is 2.11. The van der Waals surface area contributed by atoms with Gasteiger partial charge < -0.3 is 4.42 Å². The van der Waals surface area contributed by atoms with E-state index in [2.05, 4.69) is 42.0 Å². The number of hydrogen-bond donors (Lipinski definition) is 0. The van der Waals surface area contributed by atoms with E-state index >= 15 is 0 Å². The van der Waals surface area contributed by atoms with Gasteiger partial charge in [-0.15, -0.1) is 0 Å². The Morgan fingerprint density at radius 1 is 0.390 bits per heavy atom. The first-order valence-corrected chi connectivity index (χ1v) is 13.7. The number of nitrogens with zero attached hydrogens (tertiary/aromatic N) is 6. The van der Waals surface area contributed by atoms with Crippen molar-refractivity contribution in [3.8, 4) is 33.9 Å². The van der Waals surface area contributed by atoms with Crippen LogP contribution in [0.25, 0.3) is 55.8 Å². The lowest BCUT2D eigenvalue weighted by Crippen LogP contribution is -1.93.